The van der Waals surface area contributed by atoms with Crippen LogP contribution < -0.4 is 0 Å². The molecule has 0 spiro atoms. The third kappa shape index (κ3) is 2.54. The van der Waals surface area contributed by atoms with Gasteiger partial charge >= 0.3 is 5.97 Å². The van der Waals surface area contributed by atoms with Crippen molar-refractivity contribution >= 4 is 17.1 Å². The normalized spacial score (nSPS) is 20.1. The topological polar surface area (TPSA) is 55.6 Å². The molecule has 5 heteroatoms. The smallest absolute Gasteiger partial charge is 0.323 e. The van der Waals surface area contributed by atoms with E-state index in [9.17, 15) is 4.79 Å². The minimum atomic E-state index is -0.177. The van der Waals surface area contributed by atoms with Gasteiger partial charge in [0.1, 0.15) is 11.6 Å². The summed E-state index contributed by atoms with van der Waals surface area (Å²) < 4.78 is 10.6. The van der Waals surface area contributed by atoms with Gasteiger partial charge < -0.3 is 9.15 Å². The molecular formula is C15H18N2O3. The van der Waals surface area contributed by atoms with Gasteiger partial charge in [-0.3, -0.25) is 9.69 Å². The van der Waals surface area contributed by atoms with Crippen LogP contribution in [-0.4, -0.2) is 35.5 Å². The number of likely N-dealkylation sites (tertiary alicyclic amines) is 1. The summed E-state index contributed by atoms with van der Waals surface area (Å²) in [6.07, 6.45) is 2.99. The number of nitrogens with zero attached hydrogens (tertiary/aromatic N) is 2. The van der Waals surface area contributed by atoms with Gasteiger partial charge in [0.15, 0.2) is 5.58 Å². The number of fused-ring (bicyclic) bond motifs is 1. The van der Waals surface area contributed by atoms with Gasteiger partial charge in [0.05, 0.1) is 13.7 Å². The number of hydrogen-bond acceptors (Lipinski definition) is 5. The fraction of sp³-hybridized carbons (Fsp3) is 0.467. The second kappa shape index (κ2) is 5.63. The molecule has 1 aliphatic heterocycles. The number of piperidine rings is 1. The molecule has 0 N–H and O–H groups in total. The van der Waals surface area contributed by atoms with Crippen LogP contribution in [0.15, 0.2) is 28.7 Å². The predicted molar refractivity (Wildman–Crippen MR) is 74.1 cm³/mol. The lowest BCUT2D eigenvalue weighted by Gasteiger charge is -2.32. The van der Waals surface area contributed by atoms with Gasteiger partial charge in [0, 0.05) is 0 Å². The number of ether oxygens (including phenoxy) is 1. The Kier molecular flexibility index (Phi) is 3.69. The van der Waals surface area contributed by atoms with E-state index in [1.807, 2.05) is 24.3 Å². The fourth-order valence-corrected chi connectivity index (χ4v) is 2.74. The van der Waals surface area contributed by atoms with Crippen molar-refractivity contribution in [3.8, 4) is 0 Å². The summed E-state index contributed by atoms with van der Waals surface area (Å²) in [5.41, 5.74) is 1.64. The third-order valence-electron chi connectivity index (χ3n) is 3.76. The lowest BCUT2D eigenvalue weighted by molar-refractivity contribution is -0.148. The highest BCUT2D eigenvalue weighted by atomic mass is 16.5. The van der Waals surface area contributed by atoms with Crippen LogP contribution in [-0.2, 0) is 16.1 Å². The maximum Gasteiger partial charge on any atom is 0.323 e. The van der Waals surface area contributed by atoms with E-state index in [1.165, 1.54) is 7.11 Å². The highest BCUT2D eigenvalue weighted by Crippen LogP contribution is 2.22. The van der Waals surface area contributed by atoms with Crippen LogP contribution >= 0.6 is 0 Å². The molecule has 5 nitrogen and oxygen atoms in total. The van der Waals surface area contributed by atoms with E-state index in [2.05, 4.69) is 9.88 Å². The summed E-state index contributed by atoms with van der Waals surface area (Å²) >= 11 is 0. The van der Waals surface area contributed by atoms with E-state index in [0.717, 1.165) is 36.9 Å². The average Bonchev–Trinajstić information content (AvgIpc) is 2.89. The molecule has 106 valence electrons. The van der Waals surface area contributed by atoms with E-state index in [4.69, 9.17) is 9.15 Å². The molecule has 1 aliphatic rings. The minimum absolute atomic E-state index is 0.166. The molecule has 0 saturated carbocycles. The highest BCUT2D eigenvalue weighted by molar-refractivity contribution is 5.75. The molecule has 1 saturated heterocycles. The molecule has 0 bridgehead atoms. The van der Waals surface area contributed by atoms with E-state index in [-0.39, 0.29) is 12.0 Å². The van der Waals surface area contributed by atoms with Gasteiger partial charge in [-0.15, -0.1) is 0 Å². The molecule has 0 radical (unpaired) electrons. The van der Waals surface area contributed by atoms with Crippen LogP contribution in [0.1, 0.15) is 25.2 Å². The molecule has 3 rings (SSSR count). The first-order chi connectivity index (χ1) is 9.78. The monoisotopic (exact) mass is 274 g/mol. The number of carbonyl (C=O) groups is 1. The number of rotatable bonds is 3. The molecule has 1 fully saturated rings. The predicted octanol–water partition coefficient (Wildman–Crippen LogP) is 2.36. The number of methoxy groups -OCH3 is 1. The quantitative estimate of drug-likeness (QED) is 0.804. The van der Waals surface area contributed by atoms with Crippen molar-refractivity contribution in [2.45, 2.75) is 31.8 Å². The molecule has 0 amide bonds. The molecule has 0 aliphatic carbocycles. The van der Waals surface area contributed by atoms with Crippen LogP contribution in [0, 0.1) is 0 Å². The number of hydrogen-bond donors (Lipinski definition) is 0. The summed E-state index contributed by atoms with van der Waals surface area (Å²) in [5, 5.41) is 0. The van der Waals surface area contributed by atoms with Gasteiger partial charge in [0.2, 0.25) is 5.89 Å². The molecule has 1 aromatic heterocycles. The summed E-state index contributed by atoms with van der Waals surface area (Å²) in [7, 11) is 1.44. The Hall–Kier alpha value is -1.88. The third-order valence-corrected chi connectivity index (χ3v) is 3.76. The largest absolute Gasteiger partial charge is 0.468 e. The van der Waals surface area contributed by atoms with E-state index in [1.54, 1.807) is 0 Å². The number of oxazole rings is 1. The van der Waals surface area contributed by atoms with Crippen molar-refractivity contribution < 1.29 is 13.9 Å². The number of para-hydroxylation sites is 2. The summed E-state index contributed by atoms with van der Waals surface area (Å²) in [4.78, 5) is 18.4. The Morgan fingerprint density at radius 2 is 2.30 bits per heavy atom. The van der Waals surface area contributed by atoms with Gasteiger partial charge in [-0.25, -0.2) is 4.98 Å². The first-order valence-corrected chi connectivity index (χ1v) is 6.94. The Balaban J connectivity index is 1.79. The van der Waals surface area contributed by atoms with Crippen molar-refractivity contribution in [3.05, 3.63) is 30.2 Å². The molecule has 1 aromatic carbocycles. The SMILES string of the molecule is COC(=O)[C@H]1CCCCN1Cc1nc2ccccc2o1. The highest BCUT2D eigenvalue weighted by Gasteiger charge is 2.30. The van der Waals surface area contributed by atoms with Crippen LogP contribution in [0.5, 0.6) is 0 Å². The van der Waals surface area contributed by atoms with Crippen LogP contribution in [0.4, 0.5) is 0 Å². The van der Waals surface area contributed by atoms with E-state index in [0.29, 0.717) is 12.4 Å². The fourth-order valence-electron chi connectivity index (χ4n) is 2.74. The Morgan fingerprint density at radius 1 is 1.45 bits per heavy atom. The Bertz CT molecular complexity index is 575. The Labute approximate surface area is 117 Å². The first kappa shape index (κ1) is 13.1. The molecule has 20 heavy (non-hydrogen) atoms. The van der Waals surface area contributed by atoms with Gasteiger partial charge in [-0.2, -0.15) is 0 Å². The van der Waals surface area contributed by atoms with Gasteiger partial charge in [-0.1, -0.05) is 18.6 Å². The second-order valence-electron chi connectivity index (χ2n) is 5.08. The molecule has 1 atom stereocenters. The maximum absolute atomic E-state index is 11.8. The summed E-state index contributed by atoms with van der Waals surface area (Å²) in [6, 6.07) is 7.52. The average molecular weight is 274 g/mol. The lowest BCUT2D eigenvalue weighted by atomic mass is 10.0. The molecule has 0 unspecified atom stereocenters. The zero-order valence-corrected chi connectivity index (χ0v) is 11.5. The molecular weight excluding hydrogens is 256 g/mol. The van der Waals surface area contributed by atoms with Gasteiger partial charge in [0.25, 0.3) is 0 Å². The zero-order chi connectivity index (χ0) is 13.9. The molecule has 2 aromatic rings. The van der Waals surface area contributed by atoms with Crippen molar-refractivity contribution in [2.24, 2.45) is 0 Å². The number of benzene rings is 1. The lowest BCUT2D eigenvalue weighted by Crippen LogP contribution is -2.44. The minimum Gasteiger partial charge on any atom is -0.468 e. The van der Waals surface area contributed by atoms with Gasteiger partial charge in [-0.05, 0) is 31.5 Å². The van der Waals surface area contributed by atoms with E-state index < -0.39 is 0 Å². The van der Waals surface area contributed by atoms with Crippen LogP contribution in [0.3, 0.4) is 0 Å². The number of carbonyl (C=O) groups excluding carboxylic acids is 1. The number of aromatic nitrogens is 1. The Morgan fingerprint density at radius 3 is 3.10 bits per heavy atom. The zero-order valence-electron chi connectivity index (χ0n) is 11.5. The second-order valence-corrected chi connectivity index (χ2v) is 5.08. The standard InChI is InChI=1S/C15H18N2O3/c1-19-15(18)12-7-4-5-9-17(12)10-14-16-11-6-2-3-8-13(11)20-14/h2-3,6,8,12H,4-5,7,9-10H2,1H3/t12-/m1/s1. The number of esters is 1. The van der Waals surface area contributed by atoms with Crippen molar-refractivity contribution in [1.82, 2.24) is 9.88 Å². The first-order valence-electron chi connectivity index (χ1n) is 6.94. The van der Waals surface area contributed by atoms with Crippen molar-refractivity contribution in [1.29, 1.82) is 0 Å². The van der Waals surface area contributed by atoms with E-state index >= 15 is 0 Å². The van der Waals surface area contributed by atoms with Crippen LogP contribution in [0.25, 0.3) is 11.1 Å². The maximum atomic E-state index is 11.8. The van der Waals surface area contributed by atoms with Crippen LogP contribution in [0.2, 0.25) is 0 Å². The summed E-state index contributed by atoms with van der Waals surface area (Å²) in [6.45, 7) is 1.42. The summed E-state index contributed by atoms with van der Waals surface area (Å²) in [5.74, 6) is 0.489. The van der Waals surface area contributed by atoms with Crippen molar-refractivity contribution in [3.63, 3.8) is 0 Å². The molecule has 2 heterocycles. The van der Waals surface area contributed by atoms with Crippen molar-refractivity contribution in [2.75, 3.05) is 13.7 Å².